The normalized spacial score (nSPS) is 18.0. The van der Waals surface area contributed by atoms with Crippen LogP contribution in [0.3, 0.4) is 0 Å². The molecule has 0 aliphatic carbocycles. The van der Waals surface area contributed by atoms with Crippen LogP contribution in [0.4, 0.5) is 38.5 Å². The van der Waals surface area contributed by atoms with Crippen molar-refractivity contribution in [1.82, 2.24) is 9.80 Å². The number of benzene rings is 6. The minimum atomic E-state index is -0.259. The quantitative estimate of drug-likeness (QED) is 0.0469. The molecule has 3 fully saturated rings. The van der Waals surface area contributed by atoms with Gasteiger partial charge in [0.2, 0.25) is 5.91 Å². The Balaban J connectivity index is 0.000000174. The van der Waals surface area contributed by atoms with E-state index >= 15 is 0 Å². The molecule has 11 nitrogen and oxygen atoms in total. The van der Waals surface area contributed by atoms with Crippen LogP contribution in [0.2, 0.25) is 5.02 Å². The van der Waals surface area contributed by atoms with Gasteiger partial charge in [-0.05, 0) is 149 Å². The molecule has 0 bridgehead atoms. The zero-order chi connectivity index (χ0) is 57.2. The van der Waals surface area contributed by atoms with E-state index < -0.39 is 0 Å². The maximum Gasteiger partial charge on any atom is 0.250 e. The van der Waals surface area contributed by atoms with E-state index in [0.717, 1.165) is 162 Å². The van der Waals surface area contributed by atoms with Crippen LogP contribution < -0.4 is 29.4 Å². The van der Waals surface area contributed by atoms with Gasteiger partial charge in [0.15, 0.2) is 11.6 Å². The molecule has 0 saturated carbocycles. The van der Waals surface area contributed by atoms with Gasteiger partial charge >= 0.3 is 0 Å². The zero-order valence-corrected chi connectivity index (χ0v) is 49.4. The molecule has 83 heavy (non-hydrogen) atoms. The minimum Gasteiger partial charge on any atom is -0.369 e. The lowest BCUT2D eigenvalue weighted by atomic mass is 9.94. The van der Waals surface area contributed by atoms with E-state index in [1.807, 2.05) is 76.7 Å². The van der Waals surface area contributed by atoms with Crippen LogP contribution in [0, 0.1) is 12.7 Å². The Kier molecular flexibility index (Phi) is 18.8. The lowest BCUT2D eigenvalue weighted by Crippen LogP contribution is -2.55. The van der Waals surface area contributed by atoms with Gasteiger partial charge < -0.3 is 29.4 Å². The maximum absolute atomic E-state index is 14.6. The fourth-order valence-corrected chi connectivity index (χ4v) is 13.1. The number of piperidine rings is 1. The first-order valence-electron chi connectivity index (χ1n) is 30.0. The van der Waals surface area contributed by atoms with Crippen LogP contribution in [0.25, 0.3) is 0 Å². The minimum absolute atomic E-state index is 0.104. The number of fused-ring (bicyclic) bond motifs is 6. The molecule has 6 aromatic rings. The van der Waals surface area contributed by atoms with E-state index in [1.165, 1.54) is 23.0 Å². The first-order chi connectivity index (χ1) is 40.6. The highest BCUT2D eigenvalue weighted by molar-refractivity contribution is 7.81. The van der Waals surface area contributed by atoms with Crippen LogP contribution in [0.5, 0.6) is 0 Å². The van der Waals surface area contributed by atoms with Gasteiger partial charge in [-0.1, -0.05) is 109 Å². The van der Waals surface area contributed by atoms with E-state index in [-0.39, 0.29) is 29.3 Å². The number of nitrogens with zero attached hydrogens (tertiary/aromatic N) is 8. The lowest BCUT2D eigenvalue weighted by molar-refractivity contribution is -0.120. The number of Topliss-reactive ketones (excluding diaryl/α,β-unsaturated/α-hetero) is 2. The number of aryl methyl sites for hydroxylation is 1. The maximum atomic E-state index is 14.6. The summed E-state index contributed by atoms with van der Waals surface area (Å²) in [5, 5.41) is 0.785. The molecule has 1 atom stereocenters. The SMILES string of the molecule is Cc1ccc(Cl)cc1N1CCN(CCCCC(=O)c2ccc3c(c2)N(Cc2ccccc2)C(=O)C2CCCCN32)CC1.O=C(CCCCN1CCN(c2ccccc2)CC1)c1ccc2c(c1)N(Cc1ccccc1F)C(=S)C1=CCC=CN12. The van der Waals surface area contributed by atoms with Crippen molar-refractivity contribution in [1.29, 1.82) is 0 Å². The lowest BCUT2D eigenvalue weighted by Gasteiger charge is -2.45. The third-order valence-corrected chi connectivity index (χ3v) is 18.0. The number of carbonyl (C=O) groups is 3. The van der Waals surface area contributed by atoms with Gasteiger partial charge in [0.1, 0.15) is 16.8 Å². The molecule has 6 aromatic carbocycles. The van der Waals surface area contributed by atoms with E-state index in [0.29, 0.717) is 47.6 Å². The van der Waals surface area contributed by atoms with E-state index in [9.17, 15) is 18.8 Å². The standard InChI is InChI=1S/C35H41ClN4O2.C34H35FN4OS/c1-26-13-15-29(36)24-32(26)38-21-19-37(20-22-38)17-7-6-12-34(41)28-14-16-30-33(23-28)40(25-27-9-3-2-4-10-27)35(42)31-11-5-8-18-39(30)31;35-29-13-5-4-10-27(29)25-39-32-24-26(16-17-30(32)38-19-9-6-14-31(38)34(39)41)33(40)15-7-8-18-36-20-22-37(23-21-36)28-11-2-1-3-12-28/h2-4,9-10,13-16,23-24,31H,5-8,11-12,17-22,25H2,1H3;1-5,9-14,16-17,19,24H,6-8,15,18,20-23,25H2. The molecule has 3 saturated heterocycles. The average Bonchev–Trinajstić information content (AvgIpc) is 3.48. The van der Waals surface area contributed by atoms with Gasteiger partial charge in [-0.15, -0.1) is 0 Å². The van der Waals surface area contributed by atoms with Crippen molar-refractivity contribution in [3.8, 4) is 0 Å². The molecule has 0 aromatic heterocycles. The summed E-state index contributed by atoms with van der Waals surface area (Å²) in [6.07, 6.45) is 14.8. The van der Waals surface area contributed by atoms with Crippen molar-refractivity contribution in [3.05, 3.63) is 202 Å². The number of amides is 1. The van der Waals surface area contributed by atoms with Gasteiger partial charge in [-0.2, -0.15) is 0 Å². The van der Waals surface area contributed by atoms with Crippen LogP contribution in [-0.4, -0.2) is 110 Å². The second kappa shape index (κ2) is 27.0. The number of rotatable bonds is 18. The number of para-hydroxylation sites is 1. The molecule has 0 radical (unpaired) electrons. The number of thiocarbonyl (C=S) groups is 1. The largest absolute Gasteiger partial charge is 0.369 e. The number of hydrogen-bond acceptors (Lipinski definition) is 10. The molecule has 0 spiro atoms. The van der Waals surface area contributed by atoms with Crippen molar-refractivity contribution >= 4 is 80.4 Å². The first-order valence-corrected chi connectivity index (χ1v) is 30.8. The van der Waals surface area contributed by atoms with E-state index in [4.69, 9.17) is 23.8 Å². The van der Waals surface area contributed by atoms with Gasteiger partial charge in [0.25, 0.3) is 0 Å². The fraction of sp³-hybridized carbons (Fsp3) is 0.362. The molecular weight excluding hydrogens is 1080 g/mol. The Morgan fingerprint density at radius 3 is 1.89 bits per heavy atom. The van der Waals surface area contributed by atoms with Crippen LogP contribution in [-0.2, 0) is 17.9 Å². The molecule has 14 heteroatoms. The average molecular weight is 1150 g/mol. The summed E-state index contributed by atoms with van der Waals surface area (Å²) < 4.78 is 14.6. The third-order valence-electron chi connectivity index (χ3n) is 17.3. The Labute approximate surface area is 500 Å². The Morgan fingerprint density at radius 1 is 0.602 bits per heavy atom. The van der Waals surface area contributed by atoms with Crippen molar-refractivity contribution in [2.45, 2.75) is 90.3 Å². The predicted octanol–water partition coefficient (Wildman–Crippen LogP) is 13.7. The monoisotopic (exact) mass is 1150 g/mol. The van der Waals surface area contributed by atoms with Crippen molar-refractivity contribution in [2.75, 3.05) is 101 Å². The van der Waals surface area contributed by atoms with Crippen LogP contribution >= 0.6 is 23.8 Å². The predicted molar refractivity (Wildman–Crippen MR) is 341 cm³/mol. The smallest absolute Gasteiger partial charge is 0.250 e. The van der Waals surface area contributed by atoms with Gasteiger partial charge in [-0.25, -0.2) is 4.39 Å². The number of unbranched alkanes of at least 4 members (excludes halogenated alkanes) is 2. The summed E-state index contributed by atoms with van der Waals surface area (Å²) in [4.78, 5) is 59.0. The number of carbonyl (C=O) groups excluding carboxylic acids is 3. The topological polar surface area (TPSA) is 77.1 Å². The summed E-state index contributed by atoms with van der Waals surface area (Å²) in [6, 6.07) is 45.4. The molecule has 430 valence electrons. The molecule has 6 heterocycles. The molecule has 0 N–H and O–H groups in total. The van der Waals surface area contributed by atoms with E-state index in [2.05, 4.69) is 109 Å². The molecule has 12 rings (SSSR count). The Hall–Kier alpha value is -7.16. The summed E-state index contributed by atoms with van der Waals surface area (Å²) in [6.45, 7) is 14.1. The summed E-state index contributed by atoms with van der Waals surface area (Å²) in [5.41, 5.74) is 11.5. The van der Waals surface area contributed by atoms with E-state index in [1.54, 1.807) is 12.1 Å². The molecule has 1 amide bonds. The van der Waals surface area contributed by atoms with Crippen LogP contribution in [0.15, 0.2) is 164 Å². The van der Waals surface area contributed by atoms with Crippen molar-refractivity contribution in [3.63, 3.8) is 0 Å². The summed E-state index contributed by atoms with van der Waals surface area (Å²) in [7, 11) is 0. The highest BCUT2D eigenvalue weighted by atomic mass is 35.5. The summed E-state index contributed by atoms with van der Waals surface area (Å²) in [5.74, 6) is 0.188. The number of anilines is 6. The Morgan fingerprint density at radius 2 is 1.22 bits per heavy atom. The second-order valence-corrected chi connectivity index (χ2v) is 23.6. The zero-order valence-electron chi connectivity index (χ0n) is 47.8. The Bertz CT molecular complexity index is 3340. The van der Waals surface area contributed by atoms with Crippen molar-refractivity contribution < 1.29 is 18.8 Å². The fourth-order valence-electron chi connectivity index (χ4n) is 12.6. The number of allylic oxidation sites excluding steroid dienone is 2. The molecule has 1 unspecified atom stereocenters. The first kappa shape index (κ1) is 57.6. The number of hydrogen-bond donors (Lipinski definition) is 0. The number of halogens is 2. The highest BCUT2D eigenvalue weighted by Gasteiger charge is 2.40. The van der Waals surface area contributed by atoms with Gasteiger partial charge in [-0.3, -0.25) is 24.2 Å². The van der Waals surface area contributed by atoms with Gasteiger partial charge in [0, 0.05) is 111 Å². The molecule has 6 aliphatic heterocycles. The third kappa shape index (κ3) is 13.6. The number of piperazine rings is 2. The molecular formula is C69H76ClFN8O3S. The van der Waals surface area contributed by atoms with Gasteiger partial charge in [0.05, 0.1) is 41.5 Å². The van der Waals surface area contributed by atoms with Crippen LogP contribution in [0.1, 0.15) is 102 Å². The molecule has 6 aliphatic rings. The highest BCUT2D eigenvalue weighted by Crippen LogP contribution is 2.43. The second-order valence-electron chi connectivity index (χ2n) is 22.8. The summed E-state index contributed by atoms with van der Waals surface area (Å²) >= 11 is 12.1. The number of ketones is 2. The van der Waals surface area contributed by atoms with Crippen molar-refractivity contribution in [2.24, 2.45) is 0 Å².